The summed E-state index contributed by atoms with van der Waals surface area (Å²) in [4.78, 5) is 37.0. The Morgan fingerprint density at radius 2 is 1.79 bits per heavy atom. The van der Waals surface area contributed by atoms with Crippen LogP contribution in [0.15, 0.2) is 48.5 Å². The maximum absolute atomic E-state index is 12.7. The van der Waals surface area contributed by atoms with Gasteiger partial charge in [0.2, 0.25) is 11.8 Å². The largest absolute Gasteiger partial charge is 0.480 e. The van der Waals surface area contributed by atoms with Crippen LogP contribution >= 0.6 is 11.6 Å². The topological polar surface area (TPSA) is 139 Å². The third kappa shape index (κ3) is 8.13. The van der Waals surface area contributed by atoms with Crippen molar-refractivity contribution in [1.29, 1.82) is 0 Å². The molecule has 0 radical (unpaired) electrons. The Morgan fingerprint density at radius 1 is 1.15 bits per heavy atom. The number of carboxylic acids is 1. The van der Waals surface area contributed by atoms with Crippen molar-refractivity contribution in [3.63, 3.8) is 0 Å². The zero-order chi connectivity index (χ0) is 25.3. The van der Waals surface area contributed by atoms with Crippen LogP contribution in [0, 0.1) is 0 Å². The molecule has 2 aromatic rings. The number of carboxylic acid groups (broad SMARTS) is 1. The number of aliphatic carboxylic acids is 1. The molecular formula is C25H33ClN4O4. The Labute approximate surface area is 205 Å². The molecule has 184 valence electrons. The second kappa shape index (κ2) is 12.5. The number of carbonyl (C=O) groups excluding carboxylic acids is 2. The number of halogens is 1. The molecule has 0 aliphatic carbocycles. The van der Waals surface area contributed by atoms with Gasteiger partial charge in [0, 0.05) is 24.7 Å². The predicted octanol–water partition coefficient (Wildman–Crippen LogP) is 2.46. The number of benzene rings is 2. The maximum Gasteiger partial charge on any atom is 0.323 e. The quantitative estimate of drug-likeness (QED) is 0.472. The summed E-state index contributed by atoms with van der Waals surface area (Å²) in [6.07, 6.45) is 1.84. The zero-order valence-corrected chi connectivity index (χ0v) is 20.3. The van der Waals surface area contributed by atoms with E-state index in [-0.39, 0.29) is 11.8 Å². The lowest BCUT2D eigenvalue weighted by Crippen LogP contribution is -2.46. The first kappa shape index (κ1) is 27.3. The van der Waals surface area contributed by atoms with E-state index in [0.29, 0.717) is 37.5 Å². The van der Waals surface area contributed by atoms with Crippen LogP contribution in [0.2, 0.25) is 5.02 Å². The van der Waals surface area contributed by atoms with Crippen LogP contribution < -0.4 is 16.8 Å². The van der Waals surface area contributed by atoms with Crippen LogP contribution in [-0.4, -0.2) is 45.9 Å². The van der Waals surface area contributed by atoms with Gasteiger partial charge in [-0.3, -0.25) is 14.4 Å². The van der Waals surface area contributed by atoms with Crippen LogP contribution in [0.25, 0.3) is 0 Å². The molecule has 1 heterocycles. The van der Waals surface area contributed by atoms with Crippen LogP contribution in [-0.2, 0) is 33.9 Å². The molecule has 8 nitrogen and oxygen atoms in total. The lowest BCUT2D eigenvalue weighted by Gasteiger charge is -2.24. The van der Waals surface area contributed by atoms with Gasteiger partial charge in [-0.05, 0) is 55.5 Å². The molecule has 1 atom stereocenters. The highest BCUT2D eigenvalue weighted by Crippen LogP contribution is 2.20. The number of carbonyl (C=O) groups is 3. The number of amides is 2. The third-order valence-corrected chi connectivity index (χ3v) is 5.70. The number of nitrogens with zero attached hydrogens (tertiary/aromatic N) is 1. The Balaban J connectivity index is 0.000000509. The molecule has 1 aliphatic rings. The SMILES string of the molecule is CC(C)(N)C(=O)O.NCc1ccc(Cl)cc1CNC(=O)C1CCCN1C(=O)Cc1ccccc1. The number of likely N-dealkylation sites (tertiary alicyclic amines) is 1. The van der Waals surface area contributed by atoms with E-state index in [1.54, 1.807) is 11.0 Å². The second-order valence-electron chi connectivity index (χ2n) is 8.77. The van der Waals surface area contributed by atoms with Gasteiger partial charge in [0.05, 0.1) is 6.42 Å². The smallest absolute Gasteiger partial charge is 0.323 e. The third-order valence-electron chi connectivity index (χ3n) is 5.47. The molecule has 1 aliphatic heterocycles. The summed E-state index contributed by atoms with van der Waals surface area (Å²) in [6.45, 7) is 4.23. The second-order valence-corrected chi connectivity index (χ2v) is 9.21. The molecule has 1 saturated heterocycles. The summed E-state index contributed by atoms with van der Waals surface area (Å²) in [5, 5.41) is 11.7. The van der Waals surface area contributed by atoms with E-state index in [0.717, 1.165) is 23.1 Å². The lowest BCUT2D eigenvalue weighted by molar-refractivity contribution is -0.142. The van der Waals surface area contributed by atoms with Crippen molar-refractivity contribution in [2.75, 3.05) is 6.54 Å². The van der Waals surface area contributed by atoms with E-state index < -0.39 is 17.6 Å². The van der Waals surface area contributed by atoms with Crippen LogP contribution in [0.5, 0.6) is 0 Å². The summed E-state index contributed by atoms with van der Waals surface area (Å²) >= 11 is 6.05. The van der Waals surface area contributed by atoms with Gasteiger partial charge in [-0.25, -0.2) is 0 Å². The zero-order valence-electron chi connectivity index (χ0n) is 19.6. The molecule has 0 spiro atoms. The molecule has 2 aromatic carbocycles. The van der Waals surface area contributed by atoms with Gasteiger partial charge in [0.25, 0.3) is 0 Å². The highest BCUT2D eigenvalue weighted by atomic mass is 35.5. The van der Waals surface area contributed by atoms with Crippen molar-refractivity contribution in [2.45, 2.75) is 57.8 Å². The van der Waals surface area contributed by atoms with Gasteiger partial charge in [-0.2, -0.15) is 0 Å². The Hall–Kier alpha value is -2.94. The molecule has 6 N–H and O–H groups in total. The molecule has 1 fully saturated rings. The highest BCUT2D eigenvalue weighted by Gasteiger charge is 2.33. The molecule has 34 heavy (non-hydrogen) atoms. The summed E-state index contributed by atoms with van der Waals surface area (Å²) in [7, 11) is 0. The van der Waals surface area contributed by atoms with E-state index in [2.05, 4.69) is 5.32 Å². The van der Waals surface area contributed by atoms with E-state index in [1.807, 2.05) is 42.5 Å². The fraction of sp³-hybridized carbons (Fsp3) is 0.400. The molecule has 1 unspecified atom stereocenters. The molecule has 0 saturated carbocycles. The first-order chi connectivity index (χ1) is 16.0. The van der Waals surface area contributed by atoms with Crippen molar-refractivity contribution in [2.24, 2.45) is 11.5 Å². The van der Waals surface area contributed by atoms with Gasteiger partial charge in [-0.15, -0.1) is 0 Å². The van der Waals surface area contributed by atoms with Gasteiger partial charge in [-0.1, -0.05) is 48.0 Å². The number of hydrogen-bond acceptors (Lipinski definition) is 5. The van der Waals surface area contributed by atoms with Crippen LogP contribution in [0.1, 0.15) is 43.4 Å². The summed E-state index contributed by atoms with van der Waals surface area (Å²) in [6, 6.07) is 14.7. The van der Waals surface area contributed by atoms with Crippen molar-refractivity contribution < 1.29 is 19.5 Å². The monoisotopic (exact) mass is 488 g/mol. The molecule has 0 bridgehead atoms. The standard InChI is InChI=1S/C21H24ClN3O2.C4H9NO2/c22-18-9-8-16(13-23)17(12-18)14-24-21(27)19-7-4-10-25(19)20(26)11-15-5-2-1-3-6-15;1-4(2,5)3(6)7/h1-3,5-6,8-9,12,19H,4,7,10-11,13-14,23H2,(H,24,27);5H2,1-2H3,(H,6,7). The Bertz CT molecular complexity index is 992. The van der Waals surface area contributed by atoms with Crippen LogP contribution in [0.3, 0.4) is 0 Å². The normalized spacial score (nSPS) is 15.3. The van der Waals surface area contributed by atoms with Crippen molar-refractivity contribution in [3.05, 3.63) is 70.2 Å². The summed E-state index contributed by atoms with van der Waals surface area (Å²) in [5.41, 5.74) is 12.6. The Kier molecular flexibility index (Phi) is 10.0. The average Bonchev–Trinajstić information content (AvgIpc) is 3.28. The molecule has 2 amide bonds. The van der Waals surface area contributed by atoms with E-state index >= 15 is 0 Å². The average molecular weight is 489 g/mol. The summed E-state index contributed by atoms with van der Waals surface area (Å²) in [5.74, 6) is -1.12. The molecule has 3 rings (SSSR count). The fourth-order valence-electron chi connectivity index (χ4n) is 3.47. The highest BCUT2D eigenvalue weighted by molar-refractivity contribution is 6.30. The first-order valence-corrected chi connectivity index (χ1v) is 11.5. The van der Waals surface area contributed by atoms with E-state index in [4.69, 9.17) is 28.2 Å². The van der Waals surface area contributed by atoms with E-state index in [1.165, 1.54) is 13.8 Å². The molecule has 9 heteroatoms. The number of nitrogens with one attached hydrogen (secondary N) is 1. The van der Waals surface area contributed by atoms with Gasteiger partial charge < -0.3 is 26.8 Å². The van der Waals surface area contributed by atoms with Crippen molar-refractivity contribution >= 4 is 29.4 Å². The maximum atomic E-state index is 12.7. The van der Waals surface area contributed by atoms with Crippen molar-refractivity contribution in [1.82, 2.24) is 10.2 Å². The number of hydrogen-bond donors (Lipinski definition) is 4. The molecular weight excluding hydrogens is 456 g/mol. The minimum Gasteiger partial charge on any atom is -0.480 e. The van der Waals surface area contributed by atoms with Gasteiger partial charge >= 0.3 is 5.97 Å². The fourth-order valence-corrected chi connectivity index (χ4v) is 3.66. The first-order valence-electron chi connectivity index (χ1n) is 11.1. The predicted molar refractivity (Wildman–Crippen MR) is 132 cm³/mol. The van der Waals surface area contributed by atoms with Crippen molar-refractivity contribution in [3.8, 4) is 0 Å². The van der Waals surface area contributed by atoms with Gasteiger partial charge in [0.1, 0.15) is 11.6 Å². The lowest BCUT2D eigenvalue weighted by atomic mass is 10.1. The minimum absolute atomic E-state index is 0.00995. The van der Waals surface area contributed by atoms with E-state index in [9.17, 15) is 14.4 Å². The van der Waals surface area contributed by atoms with Crippen LogP contribution in [0.4, 0.5) is 0 Å². The number of rotatable bonds is 7. The number of nitrogens with two attached hydrogens (primary N) is 2. The minimum atomic E-state index is -1.08. The van der Waals surface area contributed by atoms with Gasteiger partial charge in [0.15, 0.2) is 0 Å². The molecule has 0 aromatic heterocycles. The summed E-state index contributed by atoms with van der Waals surface area (Å²) < 4.78 is 0. The Morgan fingerprint density at radius 3 is 2.38 bits per heavy atom.